The lowest BCUT2D eigenvalue weighted by atomic mass is 9.79. The Kier molecular flexibility index (Phi) is 13.1. The van der Waals surface area contributed by atoms with Gasteiger partial charge in [-0.05, 0) is 80.9 Å². The Balaban J connectivity index is 2.18. The molecule has 4 fully saturated rings. The van der Waals surface area contributed by atoms with Crippen molar-refractivity contribution in [3.05, 3.63) is 0 Å². The summed E-state index contributed by atoms with van der Waals surface area (Å²) in [6.07, 6.45) is -3.09. The minimum absolute atomic E-state index is 0.0285. The predicted molar refractivity (Wildman–Crippen MR) is 171 cm³/mol. The third-order valence-electron chi connectivity index (χ3n) is 10.5. The van der Waals surface area contributed by atoms with E-state index in [1.165, 1.54) is 0 Å². The Morgan fingerprint density at radius 3 is 2.31 bits per heavy atom. The number of fused-ring (bicyclic) bond motifs is 15. The average Bonchev–Trinajstić information content (AvgIpc) is 2.96. The maximum Gasteiger partial charge on any atom is 0.316 e. The van der Waals surface area contributed by atoms with E-state index >= 15 is 0 Å². The molecule has 0 aromatic heterocycles. The molecule has 4 aliphatic rings. The predicted octanol–water partition coefficient (Wildman–Crippen LogP) is 2.88. The van der Waals surface area contributed by atoms with Gasteiger partial charge in [0.25, 0.3) is 0 Å². The van der Waals surface area contributed by atoms with E-state index in [0.717, 1.165) is 0 Å². The molecule has 2 N–H and O–H groups in total. The molecule has 0 aromatic carbocycles. The van der Waals surface area contributed by atoms with Gasteiger partial charge < -0.3 is 43.7 Å². The number of nitrogens with zero attached hydrogens (tertiary/aromatic N) is 2. The molecule has 0 amide bonds. The van der Waals surface area contributed by atoms with Crippen molar-refractivity contribution in [1.29, 1.82) is 0 Å². The van der Waals surface area contributed by atoms with Gasteiger partial charge in [0.15, 0.2) is 12.1 Å². The first-order valence-electron chi connectivity index (χ1n) is 16.9. The molecule has 11 nitrogen and oxygen atoms in total. The summed E-state index contributed by atoms with van der Waals surface area (Å²) in [6.45, 7) is 18.1. The van der Waals surface area contributed by atoms with E-state index in [9.17, 15) is 19.8 Å². The van der Waals surface area contributed by atoms with Gasteiger partial charge in [-0.15, -0.1) is 0 Å². The third-order valence-corrected chi connectivity index (χ3v) is 10.5. The molecule has 2 bridgehead atoms. The molecule has 0 aliphatic carbocycles. The number of carbonyl (C=O) groups excluding carboxylic acids is 2. The van der Waals surface area contributed by atoms with Crippen molar-refractivity contribution in [1.82, 2.24) is 9.80 Å². The standard InChI is InChI=1S/C34H62N2O9/c1-13-26-34(9,40)29-20(3)16-36(12)21(4)15-33(8,42-18-19(2)17-41-29)30(23(6)27(37)24(7)31(39)44-26)45-32-28(38)25(35(10)11)14-22(5)43-32/h19-26,28-30,32,38,40H,13-18H2,1-12H3/t19?,20-,21+,22+,23-,24+,25-,26+,28+,29-,30+,32-,33+,34+/m0/s1. The zero-order valence-corrected chi connectivity index (χ0v) is 29.8. The quantitative estimate of drug-likeness (QED) is 0.347. The Labute approximate surface area is 271 Å². The summed E-state index contributed by atoms with van der Waals surface area (Å²) >= 11 is 0. The fourth-order valence-corrected chi connectivity index (χ4v) is 7.58. The third kappa shape index (κ3) is 8.65. The monoisotopic (exact) mass is 642 g/mol. The second-order valence-corrected chi connectivity index (χ2v) is 15.1. The van der Waals surface area contributed by atoms with E-state index in [0.29, 0.717) is 39.0 Å². The largest absolute Gasteiger partial charge is 0.459 e. The van der Waals surface area contributed by atoms with Crippen molar-refractivity contribution < 1.29 is 43.5 Å². The van der Waals surface area contributed by atoms with Crippen molar-refractivity contribution in [3.8, 4) is 0 Å². The topological polar surface area (TPSA) is 127 Å². The Bertz CT molecular complexity index is 995. The Hall–Kier alpha value is -1.18. The fourth-order valence-electron chi connectivity index (χ4n) is 7.58. The molecular weight excluding hydrogens is 580 g/mol. The van der Waals surface area contributed by atoms with Crippen molar-refractivity contribution in [2.75, 3.05) is 40.9 Å². The van der Waals surface area contributed by atoms with E-state index in [4.69, 9.17) is 23.7 Å². The molecule has 4 aliphatic heterocycles. The van der Waals surface area contributed by atoms with E-state index in [2.05, 4.69) is 11.8 Å². The van der Waals surface area contributed by atoms with Gasteiger partial charge in [-0.2, -0.15) is 0 Å². The van der Waals surface area contributed by atoms with Gasteiger partial charge in [0.05, 0.1) is 37.1 Å². The minimum atomic E-state index is -1.51. The number of hydrogen-bond acceptors (Lipinski definition) is 11. The summed E-state index contributed by atoms with van der Waals surface area (Å²) < 4.78 is 32.1. The van der Waals surface area contributed by atoms with Crippen LogP contribution in [0, 0.1) is 23.7 Å². The average molecular weight is 643 g/mol. The molecule has 14 atom stereocenters. The molecule has 4 rings (SSSR count). The number of esters is 1. The maximum absolute atomic E-state index is 14.2. The zero-order chi connectivity index (χ0) is 34.0. The van der Waals surface area contributed by atoms with Crippen LogP contribution in [0.2, 0.25) is 0 Å². The van der Waals surface area contributed by atoms with Crippen LogP contribution in [0.1, 0.15) is 81.6 Å². The molecule has 45 heavy (non-hydrogen) atoms. The van der Waals surface area contributed by atoms with Crippen molar-refractivity contribution in [2.24, 2.45) is 23.7 Å². The van der Waals surface area contributed by atoms with Crippen LogP contribution in [-0.4, -0.2) is 133 Å². The van der Waals surface area contributed by atoms with Crippen LogP contribution in [0.4, 0.5) is 0 Å². The smallest absolute Gasteiger partial charge is 0.316 e. The Morgan fingerprint density at radius 2 is 1.71 bits per heavy atom. The lowest BCUT2D eigenvalue weighted by Gasteiger charge is -2.48. The Morgan fingerprint density at radius 1 is 1.07 bits per heavy atom. The summed E-state index contributed by atoms with van der Waals surface area (Å²) in [7, 11) is 5.86. The number of hydrogen-bond donors (Lipinski definition) is 2. The molecule has 0 spiro atoms. The molecular formula is C34H62N2O9. The second-order valence-electron chi connectivity index (χ2n) is 15.1. The van der Waals surface area contributed by atoms with Crippen LogP contribution in [0.3, 0.4) is 0 Å². The number of rotatable bonds is 4. The summed E-state index contributed by atoms with van der Waals surface area (Å²) in [6, 6.07) is -0.236. The highest BCUT2D eigenvalue weighted by atomic mass is 16.7. The van der Waals surface area contributed by atoms with Gasteiger partial charge in [-0.1, -0.05) is 27.7 Å². The first-order valence-corrected chi connectivity index (χ1v) is 16.9. The van der Waals surface area contributed by atoms with Crippen molar-refractivity contribution in [3.63, 3.8) is 0 Å². The van der Waals surface area contributed by atoms with E-state index < -0.39 is 59.7 Å². The van der Waals surface area contributed by atoms with E-state index in [-0.39, 0.29) is 35.8 Å². The molecule has 262 valence electrons. The van der Waals surface area contributed by atoms with Crippen LogP contribution >= 0.6 is 0 Å². The number of ether oxygens (including phenoxy) is 5. The second kappa shape index (κ2) is 15.4. The van der Waals surface area contributed by atoms with Crippen LogP contribution < -0.4 is 0 Å². The number of aliphatic hydroxyl groups excluding tert-OH is 1. The summed E-state index contributed by atoms with van der Waals surface area (Å²) in [5.74, 6) is -3.20. The maximum atomic E-state index is 14.2. The normalized spacial score (nSPS) is 46.9. The highest BCUT2D eigenvalue weighted by Gasteiger charge is 2.51. The highest BCUT2D eigenvalue weighted by Crippen LogP contribution is 2.38. The lowest BCUT2D eigenvalue weighted by molar-refractivity contribution is -0.298. The van der Waals surface area contributed by atoms with E-state index in [1.54, 1.807) is 20.8 Å². The first-order chi connectivity index (χ1) is 20.8. The van der Waals surface area contributed by atoms with Crippen LogP contribution in [0.25, 0.3) is 0 Å². The number of aliphatic hydroxyl groups is 2. The van der Waals surface area contributed by atoms with Crippen LogP contribution in [0.15, 0.2) is 0 Å². The summed E-state index contributed by atoms with van der Waals surface area (Å²) in [5, 5.41) is 23.4. The molecule has 0 radical (unpaired) electrons. The molecule has 11 heteroatoms. The summed E-state index contributed by atoms with van der Waals surface area (Å²) in [5.41, 5.74) is -2.53. The SMILES string of the molecule is CC[C@H]1OC(=O)[C@H](C)C(=O)[C@H](C)[C@@H](O[C@@H]2O[C@H](C)C[C@H](N(C)C)[C@H]2O)[C@@]2(C)C[C@@H](C)N(C)C[C@H](C)[C@H](OCC(C)CO2)[C@]1(C)O. The van der Waals surface area contributed by atoms with Gasteiger partial charge in [0.2, 0.25) is 0 Å². The number of Topliss-reactive ketones (excluding diaryl/α,β-unsaturated/α-hetero) is 1. The fraction of sp³-hybridized carbons (Fsp3) is 0.941. The van der Waals surface area contributed by atoms with Crippen molar-refractivity contribution in [2.45, 2.75) is 142 Å². The molecule has 0 aromatic rings. The van der Waals surface area contributed by atoms with Gasteiger partial charge in [0.1, 0.15) is 23.7 Å². The highest BCUT2D eigenvalue weighted by molar-refractivity contribution is 6.00. The minimum Gasteiger partial charge on any atom is -0.459 e. The lowest BCUT2D eigenvalue weighted by Crippen LogP contribution is -2.60. The van der Waals surface area contributed by atoms with E-state index in [1.807, 2.05) is 60.7 Å². The van der Waals surface area contributed by atoms with Gasteiger partial charge >= 0.3 is 5.97 Å². The van der Waals surface area contributed by atoms with Crippen LogP contribution in [0.5, 0.6) is 0 Å². The molecule has 4 saturated heterocycles. The van der Waals surface area contributed by atoms with Gasteiger partial charge in [0, 0.05) is 30.5 Å². The van der Waals surface area contributed by atoms with Gasteiger partial charge in [-0.3, -0.25) is 9.59 Å². The number of carbonyl (C=O) groups is 2. The first kappa shape index (κ1) is 38.3. The van der Waals surface area contributed by atoms with Crippen LogP contribution in [-0.2, 0) is 33.3 Å². The summed E-state index contributed by atoms with van der Waals surface area (Å²) in [4.78, 5) is 31.9. The number of likely N-dealkylation sites (N-methyl/N-ethyl adjacent to an activating group) is 1. The van der Waals surface area contributed by atoms with Crippen molar-refractivity contribution >= 4 is 11.8 Å². The number of ketones is 1. The molecule has 4 heterocycles. The molecule has 1 unspecified atom stereocenters. The van der Waals surface area contributed by atoms with Gasteiger partial charge in [-0.25, -0.2) is 0 Å². The molecule has 0 saturated carbocycles. The zero-order valence-electron chi connectivity index (χ0n) is 29.8.